The molecule has 0 aromatic heterocycles. The van der Waals surface area contributed by atoms with Crippen LogP contribution < -0.4 is 0 Å². The van der Waals surface area contributed by atoms with E-state index in [0.717, 1.165) is 32.7 Å². The van der Waals surface area contributed by atoms with Gasteiger partial charge in [0.25, 0.3) is 0 Å². The lowest BCUT2D eigenvalue weighted by atomic mass is 10.3. The van der Waals surface area contributed by atoms with E-state index < -0.39 is 0 Å². The third-order valence-electron chi connectivity index (χ3n) is 2.76. The van der Waals surface area contributed by atoms with Gasteiger partial charge >= 0.3 is 5.97 Å². The number of amides is 1. The van der Waals surface area contributed by atoms with Gasteiger partial charge in [0.05, 0.1) is 13.0 Å². The van der Waals surface area contributed by atoms with Gasteiger partial charge in [-0.15, -0.1) is 0 Å². The van der Waals surface area contributed by atoms with Gasteiger partial charge in [-0.05, 0) is 6.92 Å². The van der Waals surface area contributed by atoms with Gasteiger partial charge in [-0.3, -0.25) is 14.5 Å². The Morgan fingerprint density at radius 2 is 1.67 bits per heavy atom. The van der Waals surface area contributed by atoms with E-state index in [4.69, 9.17) is 4.74 Å². The number of ether oxygens (including phenoxy) is 1. The molecule has 0 atom stereocenters. The zero-order valence-corrected chi connectivity index (χ0v) is 12.1. The van der Waals surface area contributed by atoms with Crippen LogP contribution in [-0.4, -0.2) is 61.0 Å². The van der Waals surface area contributed by atoms with Crippen molar-refractivity contribution in [2.75, 3.05) is 39.3 Å². The topological polar surface area (TPSA) is 49.9 Å². The lowest BCUT2D eigenvalue weighted by Gasteiger charge is -2.33. The molecule has 1 rings (SSSR count). The predicted molar refractivity (Wildman–Crippen MR) is 71.3 cm³/mol. The number of carbonyl (C=O) groups excluding carboxylic acids is 2. The molecule has 0 N–H and O–H groups in total. The Bertz CT molecular complexity index is 249. The second-order valence-corrected chi connectivity index (χ2v) is 3.90. The first kappa shape index (κ1) is 16.9. The van der Waals surface area contributed by atoms with Crippen molar-refractivity contribution in [3.8, 4) is 0 Å². The molecule has 1 aliphatic heterocycles. The summed E-state index contributed by atoms with van der Waals surface area (Å²) >= 11 is 0. The Kier molecular flexibility index (Phi) is 9.28. The Morgan fingerprint density at radius 1 is 1.11 bits per heavy atom. The lowest BCUT2D eigenvalue weighted by molar-refractivity contribution is -0.143. The maximum atomic E-state index is 11.1. The summed E-state index contributed by atoms with van der Waals surface area (Å²) in [7, 11) is 0. The van der Waals surface area contributed by atoms with Crippen LogP contribution in [-0.2, 0) is 14.3 Å². The molecule has 5 heteroatoms. The molecular formula is C13H26N2O3. The van der Waals surface area contributed by atoms with Crippen LogP contribution in [0.5, 0.6) is 0 Å². The van der Waals surface area contributed by atoms with Gasteiger partial charge in [-0.1, -0.05) is 13.8 Å². The Labute approximate surface area is 110 Å². The number of carbonyl (C=O) groups is 2. The van der Waals surface area contributed by atoms with Crippen LogP contribution in [0.2, 0.25) is 0 Å². The van der Waals surface area contributed by atoms with E-state index in [1.165, 1.54) is 0 Å². The second kappa shape index (κ2) is 9.88. The molecule has 0 spiro atoms. The minimum atomic E-state index is -0.142. The fourth-order valence-corrected chi connectivity index (χ4v) is 1.77. The van der Waals surface area contributed by atoms with Gasteiger partial charge in [0.2, 0.25) is 5.91 Å². The van der Waals surface area contributed by atoms with Crippen LogP contribution in [0.4, 0.5) is 0 Å². The third kappa shape index (κ3) is 6.59. The molecular weight excluding hydrogens is 232 g/mol. The summed E-state index contributed by atoms with van der Waals surface area (Å²) in [5, 5.41) is 0. The Balaban J connectivity index is 0.00000137. The van der Waals surface area contributed by atoms with Crippen molar-refractivity contribution in [2.45, 2.75) is 34.1 Å². The molecule has 18 heavy (non-hydrogen) atoms. The fourth-order valence-electron chi connectivity index (χ4n) is 1.77. The first-order valence-corrected chi connectivity index (χ1v) is 6.77. The standard InChI is InChI=1S/C11H20N2O3.C2H6/c1-3-16-11(15)4-5-12-6-8-13(9-7-12)10(2)14;1-2/h3-9H2,1-2H3;1-2H3. The molecule has 5 nitrogen and oxygen atoms in total. The molecule has 1 heterocycles. The molecule has 0 saturated carbocycles. The maximum Gasteiger partial charge on any atom is 0.307 e. The van der Waals surface area contributed by atoms with Crippen molar-refractivity contribution in [1.29, 1.82) is 0 Å². The van der Waals surface area contributed by atoms with Gasteiger partial charge in [0.15, 0.2) is 0 Å². The summed E-state index contributed by atoms with van der Waals surface area (Å²) in [6.45, 7) is 11.8. The molecule has 1 saturated heterocycles. The summed E-state index contributed by atoms with van der Waals surface area (Å²) in [5.41, 5.74) is 0. The van der Waals surface area contributed by atoms with Crippen molar-refractivity contribution in [3.63, 3.8) is 0 Å². The van der Waals surface area contributed by atoms with E-state index in [0.29, 0.717) is 13.0 Å². The number of esters is 1. The van der Waals surface area contributed by atoms with Crippen molar-refractivity contribution in [3.05, 3.63) is 0 Å². The van der Waals surface area contributed by atoms with Crippen LogP contribution in [0.1, 0.15) is 34.1 Å². The highest BCUT2D eigenvalue weighted by molar-refractivity contribution is 5.73. The number of nitrogens with zero attached hydrogens (tertiary/aromatic N) is 2. The largest absolute Gasteiger partial charge is 0.466 e. The van der Waals surface area contributed by atoms with Crippen molar-refractivity contribution < 1.29 is 14.3 Å². The minimum Gasteiger partial charge on any atom is -0.466 e. The van der Waals surface area contributed by atoms with Gasteiger partial charge in [-0.25, -0.2) is 0 Å². The normalized spacial score (nSPS) is 15.7. The van der Waals surface area contributed by atoms with Gasteiger partial charge < -0.3 is 9.64 Å². The zero-order valence-electron chi connectivity index (χ0n) is 12.1. The van der Waals surface area contributed by atoms with E-state index in [1.807, 2.05) is 25.7 Å². The SMILES string of the molecule is CC.CCOC(=O)CCN1CCN(C(C)=O)CC1. The lowest BCUT2D eigenvalue weighted by Crippen LogP contribution is -2.48. The van der Waals surface area contributed by atoms with Gasteiger partial charge in [0.1, 0.15) is 0 Å². The molecule has 1 amide bonds. The number of hydrogen-bond acceptors (Lipinski definition) is 4. The van der Waals surface area contributed by atoms with Crippen LogP contribution >= 0.6 is 0 Å². The summed E-state index contributed by atoms with van der Waals surface area (Å²) in [6, 6.07) is 0. The van der Waals surface area contributed by atoms with Crippen molar-refractivity contribution >= 4 is 11.9 Å². The van der Waals surface area contributed by atoms with E-state index in [9.17, 15) is 9.59 Å². The molecule has 1 aliphatic rings. The highest BCUT2D eigenvalue weighted by atomic mass is 16.5. The molecule has 106 valence electrons. The summed E-state index contributed by atoms with van der Waals surface area (Å²) in [6.07, 6.45) is 0.438. The number of rotatable bonds is 4. The summed E-state index contributed by atoms with van der Waals surface area (Å²) in [5.74, 6) is -0.0125. The number of piperazine rings is 1. The quantitative estimate of drug-likeness (QED) is 0.709. The highest BCUT2D eigenvalue weighted by Gasteiger charge is 2.18. The Morgan fingerprint density at radius 3 is 2.11 bits per heavy atom. The first-order valence-electron chi connectivity index (χ1n) is 6.77. The average molecular weight is 258 g/mol. The van der Waals surface area contributed by atoms with Crippen molar-refractivity contribution in [2.24, 2.45) is 0 Å². The predicted octanol–water partition coefficient (Wildman–Crippen LogP) is 1.13. The summed E-state index contributed by atoms with van der Waals surface area (Å²) in [4.78, 5) is 26.3. The van der Waals surface area contributed by atoms with Crippen LogP contribution in [0, 0.1) is 0 Å². The summed E-state index contributed by atoms with van der Waals surface area (Å²) < 4.78 is 4.86. The van der Waals surface area contributed by atoms with Crippen LogP contribution in [0.15, 0.2) is 0 Å². The third-order valence-corrected chi connectivity index (χ3v) is 2.76. The minimum absolute atomic E-state index is 0.130. The number of hydrogen-bond donors (Lipinski definition) is 0. The van der Waals surface area contributed by atoms with Crippen LogP contribution in [0.3, 0.4) is 0 Å². The maximum absolute atomic E-state index is 11.1. The van der Waals surface area contributed by atoms with E-state index in [2.05, 4.69) is 4.90 Å². The molecule has 0 aromatic rings. The highest BCUT2D eigenvalue weighted by Crippen LogP contribution is 2.03. The second-order valence-electron chi connectivity index (χ2n) is 3.90. The first-order chi connectivity index (χ1) is 8.63. The molecule has 1 fully saturated rings. The van der Waals surface area contributed by atoms with Crippen molar-refractivity contribution in [1.82, 2.24) is 9.80 Å². The smallest absolute Gasteiger partial charge is 0.307 e. The average Bonchev–Trinajstić information content (AvgIpc) is 2.39. The fraction of sp³-hybridized carbons (Fsp3) is 0.846. The monoisotopic (exact) mass is 258 g/mol. The molecule has 0 unspecified atom stereocenters. The molecule has 0 bridgehead atoms. The van der Waals surface area contributed by atoms with E-state index >= 15 is 0 Å². The van der Waals surface area contributed by atoms with Gasteiger partial charge in [0, 0.05) is 39.6 Å². The van der Waals surface area contributed by atoms with E-state index in [1.54, 1.807) is 6.92 Å². The van der Waals surface area contributed by atoms with Gasteiger partial charge in [-0.2, -0.15) is 0 Å². The molecule has 0 aromatic carbocycles. The van der Waals surface area contributed by atoms with Crippen LogP contribution in [0.25, 0.3) is 0 Å². The Hall–Kier alpha value is -1.10. The molecule has 0 radical (unpaired) electrons. The zero-order chi connectivity index (χ0) is 14.0. The molecule has 0 aliphatic carbocycles. The van der Waals surface area contributed by atoms with E-state index in [-0.39, 0.29) is 11.9 Å².